The first-order valence-electron chi connectivity index (χ1n) is 7.58. The predicted molar refractivity (Wildman–Crippen MR) is 100 cm³/mol. The number of hydrogen-bond donors (Lipinski definition) is 2. The van der Waals surface area contributed by atoms with Crippen LogP contribution in [0, 0.1) is 10.1 Å². The van der Waals surface area contributed by atoms with Crippen molar-refractivity contribution < 1.29 is 27.7 Å². The molecule has 0 fully saturated rings. The van der Waals surface area contributed by atoms with Crippen molar-refractivity contribution >= 4 is 39.0 Å². The van der Waals surface area contributed by atoms with E-state index in [0.717, 1.165) is 24.3 Å². The average molecular weight is 423 g/mol. The van der Waals surface area contributed by atoms with Crippen LogP contribution in [-0.4, -0.2) is 24.4 Å². The number of furan rings is 1. The van der Waals surface area contributed by atoms with E-state index in [4.69, 9.17) is 21.1 Å². The second-order valence-corrected chi connectivity index (χ2v) is 7.61. The number of non-ortho nitro benzene ring substituents is 1. The normalized spacial score (nSPS) is 11.2. The first-order chi connectivity index (χ1) is 13.2. The Morgan fingerprint density at radius 2 is 1.79 bits per heavy atom. The van der Waals surface area contributed by atoms with Crippen molar-refractivity contribution in [3.8, 4) is 11.3 Å². The summed E-state index contributed by atoms with van der Waals surface area (Å²) < 4.78 is 32.3. The van der Waals surface area contributed by atoms with Crippen molar-refractivity contribution in [1.82, 2.24) is 0 Å². The number of nitro benzene ring substituents is 1. The molecule has 0 spiro atoms. The van der Waals surface area contributed by atoms with Crippen LogP contribution in [-0.2, 0) is 10.0 Å². The van der Waals surface area contributed by atoms with E-state index >= 15 is 0 Å². The molecule has 9 nitrogen and oxygen atoms in total. The number of hydrogen-bond acceptors (Lipinski definition) is 6. The number of aromatic carboxylic acids is 1. The zero-order valence-corrected chi connectivity index (χ0v) is 15.4. The molecule has 0 unspecified atom stereocenters. The van der Waals surface area contributed by atoms with Crippen molar-refractivity contribution in [3.05, 3.63) is 75.5 Å². The highest BCUT2D eigenvalue weighted by Gasteiger charge is 2.18. The third kappa shape index (κ3) is 3.97. The Hall–Kier alpha value is -3.37. The quantitative estimate of drug-likeness (QED) is 0.451. The highest BCUT2D eigenvalue weighted by Crippen LogP contribution is 2.32. The molecule has 3 rings (SSSR count). The first-order valence-corrected chi connectivity index (χ1v) is 9.44. The van der Waals surface area contributed by atoms with Crippen molar-refractivity contribution in [2.75, 3.05) is 4.72 Å². The summed E-state index contributed by atoms with van der Waals surface area (Å²) in [6.07, 6.45) is 0. The maximum Gasteiger partial charge on any atom is 0.371 e. The fourth-order valence-corrected chi connectivity index (χ4v) is 3.66. The van der Waals surface area contributed by atoms with E-state index in [0.29, 0.717) is 5.56 Å². The fraction of sp³-hybridized carbons (Fsp3) is 0. The van der Waals surface area contributed by atoms with Crippen LogP contribution < -0.4 is 4.72 Å². The summed E-state index contributed by atoms with van der Waals surface area (Å²) in [7, 11) is -3.99. The molecule has 0 saturated carbocycles. The van der Waals surface area contributed by atoms with E-state index in [-0.39, 0.29) is 32.8 Å². The fourth-order valence-electron chi connectivity index (χ4n) is 2.34. The second kappa shape index (κ2) is 7.33. The summed E-state index contributed by atoms with van der Waals surface area (Å²) in [6.45, 7) is 0. The Balaban J connectivity index is 1.85. The van der Waals surface area contributed by atoms with Gasteiger partial charge in [-0.15, -0.1) is 0 Å². The Morgan fingerprint density at radius 1 is 1.11 bits per heavy atom. The number of rotatable bonds is 6. The summed E-state index contributed by atoms with van der Waals surface area (Å²) in [6, 6.07) is 11.4. The molecule has 2 N–H and O–H groups in total. The summed E-state index contributed by atoms with van der Waals surface area (Å²) in [4.78, 5) is 20.8. The van der Waals surface area contributed by atoms with Crippen LogP contribution in [0.15, 0.2) is 63.9 Å². The summed E-state index contributed by atoms with van der Waals surface area (Å²) in [5.41, 5.74) is 0.301. The number of anilines is 1. The number of carboxylic acids is 1. The number of nitrogens with one attached hydrogen (secondary N) is 1. The average Bonchev–Trinajstić information content (AvgIpc) is 3.11. The maximum absolute atomic E-state index is 12.4. The lowest BCUT2D eigenvalue weighted by molar-refractivity contribution is -0.384. The third-order valence-electron chi connectivity index (χ3n) is 3.66. The lowest BCUT2D eigenvalue weighted by atomic mass is 10.1. The van der Waals surface area contributed by atoms with Crippen molar-refractivity contribution in [1.29, 1.82) is 0 Å². The van der Waals surface area contributed by atoms with Gasteiger partial charge in [-0.3, -0.25) is 14.8 Å². The molecule has 0 radical (unpaired) electrons. The molecule has 3 aromatic rings. The molecule has 1 aromatic heterocycles. The highest BCUT2D eigenvalue weighted by atomic mass is 35.5. The van der Waals surface area contributed by atoms with Crippen LogP contribution >= 0.6 is 11.6 Å². The topological polar surface area (TPSA) is 140 Å². The van der Waals surface area contributed by atoms with Crippen LogP contribution in [0.4, 0.5) is 11.4 Å². The Bertz CT molecular complexity index is 1170. The third-order valence-corrected chi connectivity index (χ3v) is 5.37. The van der Waals surface area contributed by atoms with Gasteiger partial charge in [-0.25, -0.2) is 13.2 Å². The molecule has 11 heteroatoms. The zero-order chi connectivity index (χ0) is 20.5. The minimum atomic E-state index is -3.99. The number of nitrogens with zero attached hydrogens (tertiary/aromatic N) is 1. The first kappa shape index (κ1) is 19.4. The molecule has 0 aliphatic rings. The van der Waals surface area contributed by atoms with Crippen LogP contribution in [0.5, 0.6) is 0 Å². The Labute approximate surface area is 163 Å². The van der Waals surface area contributed by atoms with Gasteiger partial charge >= 0.3 is 5.97 Å². The van der Waals surface area contributed by atoms with E-state index < -0.39 is 20.9 Å². The lowest BCUT2D eigenvalue weighted by Gasteiger charge is -2.10. The van der Waals surface area contributed by atoms with Gasteiger partial charge in [0.25, 0.3) is 15.7 Å². The molecule has 0 amide bonds. The van der Waals surface area contributed by atoms with Gasteiger partial charge in [-0.05, 0) is 42.5 Å². The number of halogens is 1. The molecule has 0 saturated heterocycles. The number of sulfonamides is 1. The molecular formula is C17H11ClN2O7S. The van der Waals surface area contributed by atoms with Gasteiger partial charge < -0.3 is 9.52 Å². The van der Waals surface area contributed by atoms with Gasteiger partial charge in [0, 0.05) is 17.7 Å². The van der Waals surface area contributed by atoms with Crippen molar-refractivity contribution in [3.63, 3.8) is 0 Å². The number of benzene rings is 2. The van der Waals surface area contributed by atoms with Crippen molar-refractivity contribution in [2.24, 2.45) is 0 Å². The minimum absolute atomic E-state index is 0.134. The molecular weight excluding hydrogens is 412 g/mol. The molecule has 0 aliphatic heterocycles. The molecule has 0 bridgehead atoms. The standard InChI is InChI=1S/C17H11ClN2O7S/c18-14-9-10(1-6-13(14)15-7-8-16(27-15)17(21)22)19-28(25,26)12-4-2-11(3-5-12)20(23)24/h1-9,19H,(H,21,22). The number of nitro groups is 1. The monoisotopic (exact) mass is 422 g/mol. The minimum Gasteiger partial charge on any atom is -0.475 e. The maximum atomic E-state index is 12.4. The number of carboxylic acid groups (broad SMARTS) is 1. The van der Waals surface area contributed by atoms with Crippen LogP contribution in [0.3, 0.4) is 0 Å². The summed E-state index contributed by atoms with van der Waals surface area (Å²) >= 11 is 6.17. The molecule has 2 aromatic carbocycles. The summed E-state index contributed by atoms with van der Waals surface area (Å²) in [5, 5.41) is 19.7. The molecule has 28 heavy (non-hydrogen) atoms. The second-order valence-electron chi connectivity index (χ2n) is 5.52. The van der Waals surface area contributed by atoms with Crippen LogP contribution in [0.1, 0.15) is 10.6 Å². The van der Waals surface area contributed by atoms with E-state index in [9.17, 15) is 23.3 Å². The van der Waals surface area contributed by atoms with Gasteiger partial charge in [0.1, 0.15) is 5.76 Å². The largest absolute Gasteiger partial charge is 0.475 e. The molecule has 1 heterocycles. The lowest BCUT2D eigenvalue weighted by Crippen LogP contribution is -2.12. The van der Waals surface area contributed by atoms with Gasteiger partial charge in [-0.2, -0.15) is 0 Å². The molecule has 0 aliphatic carbocycles. The van der Waals surface area contributed by atoms with E-state index in [1.807, 2.05) is 0 Å². The van der Waals surface area contributed by atoms with Gasteiger partial charge in [0.2, 0.25) is 5.76 Å². The molecule has 0 atom stereocenters. The van der Waals surface area contributed by atoms with Crippen molar-refractivity contribution in [2.45, 2.75) is 4.90 Å². The van der Waals surface area contributed by atoms with Crippen LogP contribution in [0.2, 0.25) is 5.02 Å². The predicted octanol–water partition coefficient (Wildman–Crippen LogP) is 4.01. The smallest absolute Gasteiger partial charge is 0.371 e. The number of carbonyl (C=O) groups is 1. The van der Waals surface area contributed by atoms with Crippen LogP contribution in [0.25, 0.3) is 11.3 Å². The SMILES string of the molecule is O=C(O)c1ccc(-c2ccc(NS(=O)(=O)c3ccc([N+](=O)[O-])cc3)cc2Cl)o1. The molecule has 144 valence electrons. The van der Waals surface area contributed by atoms with Gasteiger partial charge in [0.15, 0.2) is 0 Å². The van der Waals surface area contributed by atoms with E-state index in [1.165, 1.54) is 30.3 Å². The van der Waals surface area contributed by atoms with Gasteiger partial charge in [-0.1, -0.05) is 11.6 Å². The van der Waals surface area contributed by atoms with E-state index in [2.05, 4.69) is 4.72 Å². The summed E-state index contributed by atoms with van der Waals surface area (Å²) in [5.74, 6) is -1.27. The zero-order valence-electron chi connectivity index (χ0n) is 13.8. The Kier molecular flexibility index (Phi) is 5.08. The van der Waals surface area contributed by atoms with E-state index in [1.54, 1.807) is 0 Å². The highest BCUT2D eigenvalue weighted by molar-refractivity contribution is 7.92. The van der Waals surface area contributed by atoms with Gasteiger partial charge in [0.05, 0.1) is 20.5 Å². The Morgan fingerprint density at radius 3 is 2.32 bits per heavy atom.